The predicted molar refractivity (Wildman–Crippen MR) is 108 cm³/mol. The Bertz CT molecular complexity index is 668. The van der Waals surface area contributed by atoms with E-state index in [1.54, 1.807) is 0 Å². The van der Waals surface area contributed by atoms with Crippen molar-refractivity contribution in [2.45, 2.75) is 32.7 Å². The first kappa shape index (κ1) is 18.2. The number of nitrogens with zero attached hydrogens (tertiary/aromatic N) is 3. The van der Waals surface area contributed by atoms with Crippen molar-refractivity contribution < 1.29 is 0 Å². The Morgan fingerprint density at radius 1 is 1.24 bits per heavy atom. The maximum Gasteiger partial charge on any atom is 0.125 e. The molecule has 5 heteroatoms. The van der Waals surface area contributed by atoms with Crippen molar-refractivity contribution in [3.8, 4) is 11.3 Å². The smallest absolute Gasteiger partial charge is 0.125 e. The van der Waals surface area contributed by atoms with Gasteiger partial charge in [0.15, 0.2) is 0 Å². The molecule has 25 heavy (non-hydrogen) atoms. The third kappa shape index (κ3) is 5.19. The summed E-state index contributed by atoms with van der Waals surface area (Å²) in [5.74, 6) is 3.25. The summed E-state index contributed by atoms with van der Waals surface area (Å²) in [6, 6.07) is 11.4. The van der Waals surface area contributed by atoms with Gasteiger partial charge in [0, 0.05) is 48.9 Å². The summed E-state index contributed by atoms with van der Waals surface area (Å²) in [5, 5.41) is 3.71. The van der Waals surface area contributed by atoms with E-state index in [1.807, 2.05) is 30.9 Å². The maximum absolute atomic E-state index is 4.55. The lowest BCUT2D eigenvalue weighted by Crippen LogP contribution is -2.43. The Labute approximate surface area is 155 Å². The second kappa shape index (κ2) is 9.20. The molecule has 1 aliphatic heterocycles. The number of piperidine rings is 1. The lowest BCUT2D eigenvalue weighted by molar-refractivity contribution is 0.425. The van der Waals surface area contributed by atoms with Crippen molar-refractivity contribution in [2.75, 3.05) is 36.0 Å². The molecule has 1 N–H and O–H groups in total. The fraction of sp³-hybridized carbons (Fsp3) is 0.500. The minimum absolute atomic E-state index is 0.668. The average molecular weight is 357 g/mol. The maximum atomic E-state index is 4.55. The number of hydrogen-bond acceptors (Lipinski definition) is 5. The molecule has 0 spiro atoms. The van der Waals surface area contributed by atoms with Gasteiger partial charge in [-0.25, -0.2) is 9.97 Å². The largest absolute Gasteiger partial charge is 0.371 e. The van der Waals surface area contributed by atoms with Crippen molar-refractivity contribution in [2.24, 2.45) is 0 Å². The first-order valence-corrected chi connectivity index (χ1v) is 10.4. The van der Waals surface area contributed by atoms with Gasteiger partial charge in [0.05, 0.1) is 5.69 Å². The summed E-state index contributed by atoms with van der Waals surface area (Å²) in [6.07, 6.45) is 4.26. The Kier molecular flexibility index (Phi) is 6.70. The van der Waals surface area contributed by atoms with Crippen molar-refractivity contribution in [1.29, 1.82) is 0 Å². The van der Waals surface area contributed by atoms with E-state index in [2.05, 4.69) is 51.4 Å². The van der Waals surface area contributed by atoms with E-state index in [9.17, 15) is 0 Å². The molecule has 2 heterocycles. The SMILES string of the molecule is CCSCCNC1CCN(c2cccc(-c3ccnc(C)n3)c2)CC1. The van der Waals surface area contributed by atoms with E-state index in [1.165, 1.54) is 35.6 Å². The molecule has 1 aliphatic rings. The van der Waals surface area contributed by atoms with Crippen molar-refractivity contribution in [1.82, 2.24) is 15.3 Å². The first-order chi connectivity index (χ1) is 12.3. The minimum atomic E-state index is 0.668. The van der Waals surface area contributed by atoms with Crippen LogP contribution in [0.3, 0.4) is 0 Å². The lowest BCUT2D eigenvalue weighted by atomic mass is 10.0. The highest BCUT2D eigenvalue weighted by atomic mass is 32.2. The zero-order valence-electron chi connectivity index (χ0n) is 15.2. The highest BCUT2D eigenvalue weighted by molar-refractivity contribution is 7.99. The number of aromatic nitrogens is 2. The quantitative estimate of drug-likeness (QED) is 0.765. The fourth-order valence-corrected chi connectivity index (χ4v) is 3.85. The fourth-order valence-electron chi connectivity index (χ4n) is 3.30. The zero-order chi connectivity index (χ0) is 17.5. The molecule has 0 atom stereocenters. The van der Waals surface area contributed by atoms with Crippen LogP contribution in [0.2, 0.25) is 0 Å². The first-order valence-electron chi connectivity index (χ1n) is 9.22. The predicted octanol–water partition coefficient (Wildman–Crippen LogP) is 3.76. The molecule has 1 aromatic heterocycles. The normalized spacial score (nSPS) is 15.5. The average Bonchev–Trinajstić information content (AvgIpc) is 2.66. The number of benzene rings is 1. The molecule has 1 saturated heterocycles. The van der Waals surface area contributed by atoms with E-state index in [0.29, 0.717) is 6.04 Å². The van der Waals surface area contributed by atoms with E-state index < -0.39 is 0 Å². The third-order valence-electron chi connectivity index (χ3n) is 4.66. The van der Waals surface area contributed by atoms with Crippen LogP contribution in [0.4, 0.5) is 5.69 Å². The number of nitrogens with one attached hydrogen (secondary N) is 1. The number of rotatable bonds is 7. The number of aryl methyl sites for hydroxylation is 1. The highest BCUT2D eigenvalue weighted by Crippen LogP contribution is 2.25. The van der Waals surface area contributed by atoms with Gasteiger partial charge in [0.1, 0.15) is 5.82 Å². The van der Waals surface area contributed by atoms with Gasteiger partial charge in [-0.05, 0) is 43.7 Å². The molecule has 1 aromatic carbocycles. The van der Waals surface area contributed by atoms with E-state index >= 15 is 0 Å². The Balaban J connectivity index is 1.58. The molecule has 0 amide bonds. The molecule has 0 saturated carbocycles. The molecule has 0 bridgehead atoms. The number of hydrogen-bond donors (Lipinski definition) is 1. The summed E-state index contributed by atoms with van der Waals surface area (Å²) in [4.78, 5) is 11.2. The van der Waals surface area contributed by atoms with Gasteiger partial charge in [0.25, 0.3) is 0 Å². The topological polar surface area (TPSA) is 41.0 Å². The van der Waals surface area contributed by atoms with Crippen LogP contribution >= 0.6 is 11.8 Å². The lowest BCUT2D eigenvalue weighted by Gasteiger charge is -2.34. The van der Waals surface area contributed by atoms with Crippen molar-refractivity contribution in [3.05, 3.63) is 42.4 Å². The van der Waals surface area contributed by atoms with Crippen molar-refractivity contribution in [3.63, 3.8) is 0 Å². The van der Waals surface area contributed by atoms with Crippen LogP contribution in [0.25, 0.3) is 11.3 Å². The van der Waals surface area contributed by atoms with Crippen molar-refractivity contribution >= 4 is 17.4 Å². The molecular formula is C20H28N4S. The van der Waals surface area contributed by atoms with Gasteiger partial charge >= 0.3 is 0 Å². The second-order valence-electron chi connectivity index (χ2n) is 6.45. The van der Waals surface area contributed by atoms with Gasteiger partial charge in [-0.15, -0.1) is 0 Å². The molecule has 1 fully saturated rings. The zero-order valence-corrected chi connectivity index (χ0v) is 16.1. The van der Waals surface area contributed by atoms with Crippen LogP contribution in [0, 0.1) is 6.92 Å². The molecule has 0 aliphatic carbocycles. The van der Waals surface area contributed by atoms with Crippen LogP contribution in [0.5, 0.6) is 0 Å². The molecule has 3 rings (SSSR count). The van der Waals surface area contributed by atoms with Gasteiger partial charge < -0.3 is 10.2 Å². The number of thioether (sulfide) groups is 1. The second-order valence-corrected chi connectivity index (χ2v) is 7.85. The van der Waals surface area contributed by atoms with Gasteiger partial charge in [-0.2, -0.15) is 11.8 Å². The summed E-state index contributed by atoms with van der Waals surface area (Å²) in [7, 11) is 0. The van der Waals surface area contributed by atoms with E-state index in [-0.39, 0.29) is 0 Å². The van der Waals surface area contributed by atoms with Crippen LogP contribution in [0.1, 0.15) is 25.6 Å². The molecule has 4 nitrogen and oxygen atoms in total. The van der Waals surface area contributed by atoms with Crippen LogP contribution in [-0.4, -0.2) is 47.1 Å². The highest BCUT2D eigenvalue weighted by Gasteiger charge is 2.19. The molecule has 0 unspecified atom stereocenters. The number of anilines is 1. The summed E-state index contributed by atoms with van der Waals surface area (Å²) in [5.41, 5.74) is 3.47. The monoisotopic (exact) mass is 356 g/mol. The molecule has 134 valence electrons. The Morgan fingerprint density at radius 2 is 2.08 bits per heavy atom. The minimum Gasteiger partial charge on any atom is -0.371 e. The Morgan fingerprint density at radius 3 is 2.84 bits per heavy atom. The van der Waals surface area contributed by atoms with Gasteiger partial charge in [0.2, 0.25) is 0 Å². The summed E-state index contributed by atoms with van der Waals surface area (Å²) in [6.45, 7) is 7.52. The van der Waals surface area contributed by atoms with E-state index in [4.69, 9.17) is 0 Å². The Hall–Kier alpha value is -1.59. The molecule has 0 radical (unpaired) electrons. The molecule has 2 aromatic rings. The molecular weight excluding hydrogens is 328 g/mol. The van der Waals surface area contributed by atoms with Crippen LogP contribution in [-0.2, 0) is 0 Å². The van der Waals surface area contributed by atoms with Crippen LogP contribution in [0.15, 0.2) is 36.5 Å². The van der Waals surface area contributed by atoms with Gasteiger partial charge in [-0.1, -0.05) is 19.1 Å². The van der Waals surface area contributed by atoms with E-state index in [0.717, 1.165) is 31.2 Å². The third-order valence-corrected chi connectivity index (χ3v) is 5.56. The van der Waals surface area contributed by atoms with Gasteiger partial charge in [-0.3, -0.25) is 0 Å². The summed E-state index contributed by atoms with van der Waals surface area (Å²) >= 11 is 2.01. The summed E-state index contributed by atoms with van der Waals surface area (Å²) < 4.78 is 0. The standard InChI is InChI=1S/C20H28N4S/c1-3-25-14-11-22-18-8-12-24(13-9-18)19-6-4-5-17(15-19)20-7-10-21-16(2)23-20/h4-7,10,15,18,22H,3,8-9,11-14H2,1-2H3. The van der Waals surface area contributed by atoms with Crippen LogP contribution < -0.4 is 10.2 Å².